The summed E-state index contributed by atoms with van der Waals surface area (Å²) in [6, 6.07) is 0. The Balaban J connectivity index is 1.63. The van der Waals surface area contributed by atoms with E-state index in [1.807, 2.05) is 6.92 Å². The molecule has 3 heterocycles. The maximum atomic E-state index is 4.54. The lowest BCUT2D eigenvalue weighted by Crippen LogP contribution is -2.46. The Bertz CT molecular complexity index is 543. The van der Waals surface area contributed by atoms with Gasteiger partial charge in [-0.25, -0.2) is 4.98 Å². The maximum Gasteiger partial charge on any atom is 0.208 e. The van der Waals surface area contributed by atoms with Crippen molar-refractivity contribution in [1.82, 2.24) is 19.6 Å². The van der Waals surface area contributed by atoms with Gasteiger partial charge in [0.1, 0.15) is 10.8 Å². The average molecular weight is 296 g/mol. The van der Waals surface area contributed by atoms with Crippen LogP contribution in [0.3, 0.4) is 0 Å². The van der Waals surface area contributed by atoms with Gasteiger partial charge in [-0.2, -0.15) is 4.37 Å². The molecule has 0 radical (unpaired) electrons. The third-order valence-electron chi connectivity index (χ3n) is 3.11. The number of anilines is 2. The molecule has 2 aromatic rings. The van der Waals surface area contributed by atoms with Crippen LogP contribution in [0.5, 0.6) is 0 Å². The van der Waals surface area contributed by atoms with Gasteiger partial charge in [0.05, 0.1) is 0 Å². The zero-order chi connectivity index (χ0) is 13.2. The molecule has 1 aliphatic heterocycles. The fourth-order valence-electron chi connectivity index (χ4n) is 2.02. The minimum absolute atomic E-state index is 0.903. The van der Waals surface area contributed by atoms with E-state index in [0.717, 1.165) is 53.7 Å². The van der Waals surface area contributed by atoms with Gasteiger partial charge < -0.3 is 9.80 Å². The second-order valence-electron chi connectivity index (χ2n) is 4.42. The fraction of sp³-hybridized carbons (Fsp3) is 0.636. The highest BCUT2D eigenvalue weighted by molar-refractivity contribution is 7.15. The van der Waals surface area contributed by atoms with Gasteiger partial charge >= 0.3 is 0 Å². The standard InChI is InChI=1S/C11H16N6S2/c1-3-9-12-10(19-15-9)16-4-6-17(7-5-16)11-14-13-8(2)18-11/h3-7H2,1-2H3. The molecule has 2 aromatic heterocycles. The number of aryl methyl sites for hydroxylation is 2. The first-order valence-electron chi connectivity index (χ1n) is 6.39. The number of aromatic nitrogens is 4. The molecule has 0 aromatic carbocycles. The minimum atomic E-state index is 0.903. The Morgan fingerprint density at radius 2 is 1.74 bits per heavy atom. The molecule has 0 amide bonds. The lowest BCUT2D eigenvalue weighted by Gasteiger charge is -2.33. The van der Waals surface area contributed by atoms with E-state index < -0.39 is 0 Å². The van der Waals surface area contributed by atoms with Crippen molar-refractivity contribution in [2.24, 2.45) is 0 Å². The van der Waals surface area contributed by atoms with Crippen LogP contribution in [0.2, 0.25) is 0 Å². The smallest absolute Gasteiger partial charge is 0.208 e. The molecule has 0 spiro atoms. The van der Waals surface area contributed by atoms with E-state index in [4.69, 9.17) is 0 Å². The van der Waals surface area contributed by atoms with Gasteiger partial charge in [-0.3, -0.25) is 0 Å². The van der Waals surface area contributed by atoms with Gasteiger partial charge in [-0.1, -0.05) is 18.3 Å². The lowest BCUT2D eigenvalue weighted by atomic mass is 10.3. The van der Waals surface area contributed by atoms with Crippen LogP contribution >= 0.6 is 22.9 Å². The molecule has 0 unspecified atom stereocenters. The Morgan fingerprint density at radius 3 is 2.26 bits per heavy atom. The molecule has 6 nitrogen and oxygen atoms in total. The summed E-state index contributed by atoms with van der Waals surface area (Å²) in [5.41, 5.74) is 0. The van der Waals surface area contributed by atoms with Crippen LogP contribution in [0, 0.1) is 6.92 Å². The molecule has 0 bridgehead atoms. The zero-order valence-corrected chi connectivity index (χ0v) is 12.7. The summed E-state index contributed by atoms with van der Waals surface area (Å²) < 4.78 is 4.35. The minimum Gasteiger partial charge on any atom is -0.343 e. The highest BCUT2D eigenvalue weighted by Gasteiger charge is 2.21. The largest absolute Gasteiger partial charge is 0.343 e. The second kappa shape index (κ2) is 5.38. The molecule has 0 atom stereocenters. The normalized spacial score (nSPS) is 16.1. The van der Waals surface area contributed by atoms with Crippen LogP contribution in [0.1, 0.15) is 17.8 Å². The van der Waals surface area contributed by atoms with Gasteiger partial charge in [0.25, 0.3) is 0 Å². The first-order chi connectivity index (χ1) is 9.26. The summed E-state index contributed by atoms with van der Waals surface area (Å²) in [7, 11) is 0. The molecule has 0 N–H and O–H groups in total. The second-order valence-corrected chi connectivity index (χ2v) is 6.31. The van der Waals surface area contributed by atoms with Crippen LogP contribution in [0.4, 0.5) is 10.3 Å². The van der Waals surface area contributed by atoms with Crippen LogP contribution in [-0.2, 0) is 6.42 Å². The predicted octanol–water partition coefficient (Wildman–Crippen LogP) is 1.59. The summed E-state index contributed by atoms with van der Waals surface area (Å²) in [6.07, 6.45) is 0.903. The van der Waals surface area contributed by atoms with Crippen molar-refractivity contribution in [3.8, 4) is 0 Å². The highest BCUT2D eigenvalue weighted by atomic mass is 32.1. The van der Waals surface area contributed by atoms with Crippen molar-refractivity contribution in [2.45, 2.75) is 20.3 Å². The monoisotopic (exact) mass is 296 g/mol. The average Bonchev–Trinajstić information content (AvgIpc) is 3.07. The first-order valence-corrected chi connectivity index (χ1v) is 7.98. The number of hydrogen-bond acceptors (Lipinski definition) is 8. The van der Waals surface area contributed by atoms with Crippen LogP contribution in [0.25, 0.3) is 0 Å². The van der Waals surface area contributed by atoms with E-state index in [-0.39, 0.29) is 0 Å². The summed E-state index contributed by atoms with van der Waals surface area (Å²) in [6.45, 7) is 7.95. The first kappa shape index (κ1) is 12.7. The number of nitrogens with zero attached hydrogens (tertiary/aromatic N) is 6. The topological polar surface area (TPSA) is 58.0 Å². The van der Waals surface area contributed by atoms with Crippen LogP contribution in [-0.4, -0.2) is 45.7 Å². The highest BCUT2D eigenvalue weighted by Crippen LogP contribution is 2.24. The SMILES string of the molecule is CCc1nsc(N2CCN(c3nnc(C)s3)CC2)n1. The number of piperazine rings is 1. The lowest BCUT2D eigenvalue weighted by molar-refractivity contribution is 0.647. The summed E-state index contributed by atoms with van der Waals surface area (Å²) in [4.78, 5) is 9.15. The number of hydrogen-bond donors (Lipinski definition) is 0. The Hall–Kier alpha value is -1.28. The van der Waals surface area contributed by atoms with E-state index in [9.17, 15) is 0 Å². The van der Waals surface area contributed by atoms with Crippen molar-refractivity contribution in [3.05, 3.63) is 10.8 Å². The molecule has 102 valence electrons. The van der Waals surface area contributed by atoms with Crippen molar-refractivity contribution >= 4 is 33.1 Å². The molecule has 0 saturated carbocycles. The van der Waals surface area contributed by atoms with Gasteiger partial charge in [-0.15, -0.1) is 10.2 Å². The van der Waals surface area contributed by atoms with Gasteiger partial charge in [0, 0.05) is 44.1 Å². The van der Waals surface area contributed by atoms with Gasteiger partial charge in [-0.05, 0) is 6.92 Å². The maximum absolute atomic E-state index is 4.54. The molecule has 1 saturated heterocycles. The van der Waals surface area contributed by atoms with Gasteiger partial charge in [0.2, 0.25) is 10.3 Å². The summed E-state index contributed by atoms with van der Waals surface area (Å²) in [5, 5.41) is 11.4. The third-order valence-corrected chi connectivity index (χ3v) is 4.82. The van der Waals surface area contributed by atoms with E-state index in [2.05, 4.69) is 36.3 Å². The zero-order valence-electron chi connectivity index (χ0n) is 11.0. The molecule has 1 aliphatic rings. The molecule has 1 fully saturated rings. The molecular weight excluding hydrogens is 280 g/mol. The van der Waals surface area contributed by atoms with E-state index in [1.54, 1.807) is 11.3 Å². The fourth-order valence-corrected chi connectivity index (χ4v) is 3.56. The van der Waals surface area contributed by atoms with Crippen molar-refractivity contribution in [2.75, 3.05) is 36.0 Å². The predicted molar refractivity (Wildman–Crippen MR) is 78.4 cm³/mol. The number of rotatable bonds is 3. The van der Waals surface area contributed by atoms with Gasteiger partial charge in [0.15, 0.2) is 0 Å². The van der Waals surface area contributed by atoms with Crippen molar-refractivity contribution < 1.29 is 0 Å². The van der Waals surface area contributed by atoms with E-state index in [0.29, 0.717) is 0 Å². The van der Waals surface area contributed by atoms with E-state index >= 15 is 0 Å². The Kier molecular flexibility index (Phi) is 3.61. The molecular formula is C11H16N6S2. The Labute approximate surface area is 120 Å². The molecule has 8 heteroatoms. The van der Waals surface area contributed by atoms with E-state index in [1.165, 1.54) is 11.5 Å². The van der Waals surface area contributed by atoms with Crippen molar-refractivity contribution in [3.63, 3.8) is 0 Å². The molecule has 19 heavy (non-hydrogen) atoms. The summed E-state index contributed by atoms with van der Waals surface area (Å²) in [5.74, 6) is 0.946. The third kappa shape index (κ3) is 2.69. The van der Waals surface area contributed by atoms with Crippen LogP contribution in [0.15, 0.2) is 0 Å². The van der Waals surface area contributed by atoms with Crippen LogP contribution < -0.4 is 9.80 Å². The van der Waals surface area contributed by atoms with Crippen molar-refractivity contribution in [1.29, 1.82) is 0 Å². The Morgan fingerprint density at radius 1 is 1.05 bits per heavy atom. The quantitative estimate of drug-likeness (QED) is 0.857. The summed E-state index contributed by atoms with van der Waals surface area (Å²) >= 11 is 3.16. The molecule has 3 rings (SSSR count). The molecule has 0 aliphatic carbocycles.